The van der Waals surface area contributed by atoms with Crippen LogP contribution in [0.2, 0.25) is 0 Å². The van der Waals surface area contributed by atoms with E-state index in [1.54, 1.807) is 24.3 Å². The molecule has 2 N–H and O–H groups in total. The van der Waals surface area contributed by atoms with Crippen molar-refractivity contribution in [2.45, 2.75) is 18.6 Å². The van der Waals surface area contributed by atoms with Crippen LogP contribution in [-0.2, 0) is 9.59 Å². The van der Waals surface area contributed by atoms with Crippen molar-refractivity contribution in [2.75, 3.05) is 11.4 Å². The van der Waals surface area contributed by atoms with Crippen LogP contribution in [0.1, 0.15) is 18.1 Å². The minimum atomic E-state index is -0.726. The highest BCUT2D eigenvalue weighted by molar-refractivity contribution is 9.10. The molecule has 0 radical (unpaired) electrons. The van der Waals surface area contributed by atoms with Gasteiger partial charge >= 0.3 is 0 Å². The first-order valence-electron chi connectivity index (χ1n) is 7.65. The Hall–Kier alpha value is -2.02. The topological polar surface area (TPSA) is 69.6 Å². The normalized spacial score (nSPS) is 18.9. The summed E-state index contributed by atoms with van der Waals surface area (Å²) in [6.45, 7) is 0.210. The van der Waals surface area contributed by atoms with Gasteiger partial charge in [-0.2, -0.15) is 0 Å². The molecule has 0 aromatic heterocycles. The van der Waals surface area contributed by atoms with Gasteiger partial charge in [-0.05, 0) is 29.8 Å². The van der Waals surface area contributed by atoms with Crippen LogP contribution >= 0.6 is 15.9 Å². The van der Waals surface area contributed by atoms with Crippen molar-refractivity contribution in [2.24, 2.45) is 0 Å². The number of benzene rings is 2. The molecule has 0 bridgehead atoms. The highest BCUT2D eigenvalue weighted by atomic mass is 79.9. The maximum atomic E-state index is 12.5. The lowest BCUT2D eigenvalue weighted by Gasteiger charge is -2.17. The first kappa shape index (κ1) is 16.8. The number of carbonyl (C=O) groups is 2. The fraction of sp³-hybridized carbons (Fsp3) is 0.222. The van der Waals surface area contributed by atoms with Gasteiger partial charge in [0.05, 0.1) is 24.3 Å². The van der Waals surface area contributed by atoms with Gasteiger partial charge in [-0.1, -0.05) is 46.3 Å². The summed E-state index contributed by atoms with van der Waals surface area (Å²) in [5.41, 5.74) is 1.33. The average Bonchev–Trinajstić information content (AvgIpc) is 2.88. The minimum absolute atomic E-state index is 0.0937. The van der Waals surface area contributed by atoms with Crippen LogP contribution in [0.3, 0.4) is 0 Å². The Labute approximate surface area is 148 Å². The van der Waals surface area contributed by atoms with Crippen molar-refractivity contribution in [3.63, 3.8) is 0 Å². The molecule has 24 heavy (non-hydrogen) atoms. The Morgan fingerprint density at radius 3 is 2.46 bits per heavy atom. The lowest BCUT2D eigenvalue weighted by Crippen LogP contribution is -2.40. The van der Waals surface area contributed by atoms with E-state index in [9.17, 15) is 14.7 Å². The van der Waals surface area contributed by atoms with Crippen LogP contribution in [0.5, 0.6) is 0 Å². The first-order valence-corrected chi connectivity index (χ1v) is 8.44. The molecule has 2 aromatic rings. The largest absolute Gasteiger partial charge is 0.387 e. The van der Waals surface area contributed by atoms with Gasteiger partial charge in [0.25, 0.3) is 5.91 Å². The molecule has 2 atom stereocenters. The number of amides is 2. The summed E-state index contributed by atoms with van der Waals surface area (Å²) >= 11 is 3.33. The van der Waals surface area contributed by atoms with Crippen molar-refractivity contribution in [3.05, 3.63) is 64.6 Å². The Kier molecular flexibility index (Phi) is 5.08. The molecule has 1 aliphatic rings. The van der Waals surface area contributed by atoms with Crippen molar-refractivity contribution in [1.82, 2.24) is 5.32 Å². The molecule has 2 amide bonds. The molecule has 2 aromatic carbocycles. The first-order chi connectivity index (χ1) is 11.6. The lowest BCUT2D eigenvalue weighted by molar-refractivity contribution is -0.121. The third kappa shape index (κ3) is 3.56. The van der Waals surface area contributed by atoms with Gasteiger partial charge in [-0.25, -0.2) is 4.90 Å². The molecule has 124 valence electrons. The number of hydrogen-bond donors (Lipinski definition) is 2. The number of hydrogen-bond acceptors (Lipinski definition) is 4. The second-order valence-electron chi connectivity index (χ2n) is 5.64. The van der Waals surface area contributed by atoms with Crippen molar-refractivity contribution in [1.29, 1.82) is 0 Å². The van der Waals surface area contributed by atoms with Gasteiger partial charge in [-0.3, -0.25) is 9.59 Å². The summed E-state index contributed by atoms with van der Waals surface area (Å²) in [6, 6.07) is 15.6. The zero-order valence-corrected chi connectivity index (χ0v) is 14.4. The molecular weight excluding hydrogens is 372 g/mol. The van der Waals surface area contributed by atoms with E-state index in [1.807, 2.05) is 30.3 Å². The molecule has 1 saturated heterocycles. The third-order valence-corrected chi connectivity index (χ3v) is 4.50. The fourth-order valence-electron chi connectivity index (χ4n) is 2.70. The van der Waals surface area contributed by atoms with Gasteiger partial charge in [0, 0.05) is 11.0 Å². The van der Waals surface area contributed by atoms with Crippen molar-refractivity contribution in [3.8, 4) is 0 Å². The van der Waals surface area contributed by atoms with Gasteiger partial charge in [0.1, 0.15) is 0 Å². The van der Waals surface area contributed by atoms with E-state index in [4.69, 9.17) is 0 Å². The maximum Gasteiger partial charge on any atom is 0.251 e. The minimum Gasteiger partial charge on any atom is -0.387 e. The number of aliphatic hydroxyl groups is 1. The maximum absolute atomic E-state index is 12.5. The molecule has 0 saturated carbocycles. The number of imide groups is 1. The Morgan fingerprint density at radius 1 is 1.12 bits per heavy atom. The predicted octanol–water partition coefficient (Wildman–Crippen LogP) is 2.40. The van der Waals surface area contributed by atoms with Crippen LogP contribution in [0.4, 0.5) is 5.69 Å². The van der Waals surface area contributed by atoms with Crippen molar-refractivity contribution < 1.29 is 14.7 Å². The van der Waals surface area contributed by atoms with Gasteiger partial charge < -0.3 is 10.4 Å². The van der Waals surface area contributed by atoms with Gasteiger partial charge in [-0.15, -0.1) is 0 Å². The molecule has 0 aliphatic carbocycles. The Morgan fingerprint density at radius 2 is 1.79 bits per heavy atom. The summed E-state index contributed by atoms with van der Waals surface area (Å²) < 4.78 is 0.881. The number of nitrogens with one attached hydrogen (secondary N) is 1. The number of anilines is 1. The van der Waals surface area contributed by atoms with Gasteiger partial charge in [0.2, 0.25) is 5.91 Å². The molecular formula is C18H17BrN2O3. The molecule has 0 spiro atoms. The van der Waals surface area contributed by atoms with E-state index >= 15 is 0 Å². The van der Waals surface area contributed by atoms with Crippen LogP contribution in [0.25, 0.3) is 0 Å². The van der Waals surface area contributed by atoms with E-state index in [2.05, 4.69) is 21.2 Å². The molecule has 0 unspecified atom stereocenters. The zero-order chi connectivity index (χ0) is 17.1. The van der Waals surface area contributed by atoms with Crippen LogP contribution in [-0.4, -0.2) is 29.5 Å². The summed E-state index contributed by atoms with van der Waals surface area (Å²) in [7, 11) is 0. The molecule has 5 nitrogen and oxygen atoms in total. The Bertz CT molecular complexity index is 734. The number of carbonyl (C=O) groups excluding carboxylic acids is 2. The van der Waals surface area contributed by atoms with E-state index in [0.29, 0.717) is 5.69 Å². The summed E-state index contributed by atoms with van der Waals surface area (Å²) in [5, 5.41) is 13.2. The highest BCUT2D eigenvalue weighted by Gasteiger charge is 2.39. The average molecular weight is 389 g/mol. The van der Waals surface area contributed by atoms with E-state index in [0.717, 1.165) is 10.0 Å². The number of aliphatic hydroxyl groups excluding tert-OH is 1. The lowest BCUT2D eigenvalue weighted by atomic mass is 10.1. The second-order valence-corrected chi connectivity index (χ2v) is 6.55. The van der Waals surface area contributed by atoms with Crippen molar-refractivity contribution >= 4 is 33.4 Å². The van der Waals surface area contributed by atoms with E-state index in [-0.39, 0.29) is 24.8 Å². The predicted molar refractivity (Wildman–Crippen MR) is 94.4 cm³/mol. The van der Waals surface area contributed by atoms with E-state index in [1.165, 1.54) is 4.90 Å². The van der Waals surface area contributed by atoms with E-state index < -0.39 is 12.1 Å². The smallest absolute Gasteiger partial charge is 0.251 e. The van der Waals surface area contributed by atoms with Crippen LogP contribution in [0, 0.1) is 0 Å². The number of halogens is 1. The quantitative estimate of drug-likeness (QED) is 0.771. The molecule has 1 aliphatic heterocycles. The monoisotopic (exact) mass is 388 g/mol. The highest BCUT2D eigenvalue weighted by Crippen LogP contribution is 2.25. The summed E-state index contributed by atoms with van der Waals surface area (Å²) in [4.78, 5) is 25.9. The SMILES string of the molecule is O=C1C[C@@H](NC[C@@H](O)c2ccccc2)C(=O)N1c1ccc(Br)cc1. The van der Waals surface area contributed by atoms with Crippen LogP contribution in [0.15, 0.2) is 59.1 Å². The number of rotatable bonds is 5. The zero-order valence-electron chi connectivity index (χ0n) is 12.9. The standard InChI is InChI=1S/C18H17BrN2O3/c19-13-6-8-14(9-7-13)21-17(23)10-15(18(21)24)20-11-16(22)12-4-2-1-3-5-12/h1-9,15-16,20,22H,10-11H2/t15-,16-/m1/s1. The molecule has 6 heteroatoms. The number of nitrogens with zero attached hydrogens (tertiary/aromatic N) is 1. The molecule has 1 heterocycles. The van der Waals surface area contributed by atoms with Gasteiger partial charge in [0.15, 0.2) is 0 Å². The molecule has 3 rings (SSSR count). The molecule has 1 fully saturated rings. The summed E-state index contributed by atoms with van der Waals surface area (Å²) in [5.74, 6) is -0.531. The van der Waals surface area contributed by atoms with Crippen LogP contribution < -0.4 is 10.2 Å². The fourth-order valence-corrected chi connectivity index (χ4v) is 2.96. The second kappa shape index (κ2) is 7.25. The Balaban J connectivity index is 1.65. The summed E-state index contributed by atoms with van der Waals surface area (Å²) in [6.07, 6.45) is -0.632. The third-order valence-electron chi connectivity index (χ3n) is 3.97.